The lowest BCUT2D eigenvalue weighted by Crippen LogP contribution is -1.99. The molecule has 5 heteroatoms. The summed E-state index contributed by atoms with van der Waals surface area (Å²) in [4.78, 5) is 4.00. The summed E-state index contributed by atoms with van der Waals surface area (Å²) in [5.74, 6) is -0.328. The van der Waals surface area contributed by atoms with Gasteiger partial charge in [0.25, 0.3) is 0 Å². The Kier molecular flexibility index (Phi) is 4.50. The number of aromatic nitrogens is 1. The zero-order chi connectivity index (χ0) is 13.8. The Hall–Kier alpha value is -1.46. The van der Waals surface area contributed by atoms with E-state index in [-0.39, 0.29) is 12.4 Å². The molecule has 3 nitrogen and oxygen atoms in total. The smallest absolute Gasteiger partial charge is 0.165 e. The number of hydrogen-bond donors (Lipinski definition) is 1. The van der Waals surface area contributed by atoms with Crippen LogP contribution in [0, 0.1) is 5.82 Å². The molecule has 0 aliphatic heterocycles. The largest absolute Gasteiger partial charge is 0.486 e. The topological polar surface area (TPSA) is 42.4 Å². The first-order chi connectivity index (χ1) is 9.06. The zero-order valence-corrected chi connectivity index (χ0v) is 11.9. The fourth-order valence-corrected chi connectivity index (χ4v) is 2.00. The van der Waals surface area contributed by atoms with Crippen LogP contribution in [0.25, 0.3) is 0 Å². The van der Waals surface area contributed by atoms with Gasteiger partial charge in [0.15, 0.2) is 11.6 Å². The number of benzene rings is 1. The molecule has 2 aromatic rings. The molecule has 1 aromatic heterocycles. The first kappa shape index (κ1) is 14.0. The van der Waals surface area contributed by atoms with E-state index in [1.807, 2.05) is 6.07 Å². The van der Waals surface area contributed by atoms with E-state index in [4.69, 9.17) is 4.74 Å². The highest BCUT2D eigenvalue weighted by molar-refractivity contribution is 9.10. The van der Waals surface area contributed by atoms with Crippen LogP contribution in [0.3, 0.4) is 0 Å². The van der Waals surface area contributed by atoms with Crippen molar-refractivity contribution < 1.29 is 14.2 Å². The van der Waals surface area contributed by atoms with Crippen LogP contribution in [0.15, 0.2) is 41.1 Å². The number of hydrogen-bond acceptors (Lipinski definition) is 3. The van der Waals surface area contributed by atoms with Gasteiger partial charge in [0.1, 0.15) is 6.61 Å². The van der Waals surface area contributed by atoms with Crippen molar-refractivity contribution in [3.8, 4) is 5.75 Å². The van der Waals surface area contributed by atoms with E-state index in [9.17, 15) is 9.50 Å². The van der Waals surface area contributed by atoms with Crippen molar-refractivity contribution in [2.75, 3.05) is 0 Å². The highest BCUT2D eigenvalue weighted by Crippen LogP contribution is 2.23. The van der Waals surface area contributed by atoms with E-state index < -0.39 is 11.9 Å². The van der Waals surface area contributed by atoms with Gasteiger partial charge in [-0.2, -0.15) is 0 Å². The van der Waals surface area contributed by atoms with Crippen molar-refractivity contribution in [2.24, 2.45) is 0 Å². The van der Waals surface area contributed by atoms with Crippen LogP contribution in [0.1, 0.15) is 24.2 Å². The Labute approximate surface area is 119 Å². The molecular weight excluding hydrogens is 313 g/mol. The van der Waals surface area contributed by atoms with E-state index >= 15 is 0 Å². The molecule has 0 aliphatic rings. The minimum atomic E-state index is -0.696. The summed E-state index contributed by atoms with van der Waals surface area (Å²) in [6.45, 7) is 1.82. The standard InChI is InChI=1S/C14H13BrFNO2/c1-9(18)11-2-3-14(13(16)5-11)19-8-10-4-12(15)7-17-6-10/h2-7,9,18H,8H2,1H3/t9-/m0/s1. The van der Waals surface area contributed by atoms with Gasteiger partial charge in [0, 0.05) is 22.4 Å². The average Bonchev–Trinajstić information content (AvgIpc) is 2.37. The number of rotatable bonds is 4. The molecule has 1 heterocycles. The molecule has 0 saturated carbocycles. The van der Waals surface area contributed by atoms with Crippen molar-refractivity contribution in [1.82, 2.24) is 4.98 Å². The third-order valence-corrected chi connectivity index (χ3v) is 3.03. The van der Waals surface area contributed by atoms with E-state index in [2.05, 4.69) is 20.9 Å². The molecule has 0 unspecified atom stereocenters. The molecule has 1 N–H and O–H groups in total. The minimum Gasteiger partial charge on any atom is -0.486 e. The molecule has 100 valence electrons. The zero-order valence-electron chi connectivity index (χ0n) is 10.3. The van der Waals surface area contributed by atoms with Gasteiger partial charge in [-0.3, -0.25) is 4.98 Å². The first-order valence-corrected chi connectivity index (χ1v) is 6.55. The maximum Gasteiger partial charge on any atom is 0.165 e. The first-order valence-electron chi connectivity index (χ1n) is 5.76. The van der Waals surface area contributed by atoms with Gasteiger partial charge < -0.3 is 9.84 Å². The van der Waals surface area contributed by atoms with E-state index in [1.54, 1.807) is 25.4 Å². The summed E-state index contributed by atoms with van der Waals surface area (Å²) >= 11 is 3.31. The number of ether oxygens (including phenoxy) is 1. The summed E-state index contributed by atoms with van der Waals surface area (Å²) in [6.07, 6.45) is 2.63. The minimum absolute atomic E-state index is 0.157. The lowest BCUT2D eigenvalue weighted by Gasteiger charge is -2.10. The number of aliphatic hydroxyl groups excluding tert-OH is 1. The third kappa shape index (κ3) is 3.75. The molecule has 0 fully saturated rings. The number of aliphatic hydroxyl groups is 1. The Morgan fingerprint density at radius 2 is 2.16 bits per heavy atom. The maximum absolute atomic E-state index is 13.7. The highest BCUT2D eigenvalue weighted by Gasteiger charge is 2.08. The Balaban J connectivity index is 2.07. The molecular formula is C14H13BrFNO2. The molecule has 0 amide bonds. The van der Waals surface area contributed by atoms with Crippen molar-refractivity contribution in [3.05, 3.63) is 58.1 Å². The van der Waals surface area contributed by atoms with E-state index in [0.29, 0.717) is 5.56 Å². The highest BCUT2D eigenvalue weighted by atomic mass is 79.9. The predicted octanol–water partition coefficient (Wildman–Crippen LogP) is 3.62. The number of halogens is 2. The van der Waals surface area contributed by atoms with Crippen LogP contribution in [0.5, 0.6) is 5.75 Å². The maximum atomic E-state index is 13.7. The van der Waals surface area contributed by atoms with Gasteiger partial charge in [-0.15, -0.1) is 0 Å². The molecule has 0 aliphatic carbocycles. The van der Waals surface area contributed by atoms with Crippen molar-refractivity contribution in [3.63, 3.8) is 0 Å². The van der Waals surface area contributed by atoms with Gasteiger partial charge in [0.05, 0.1) is 6.10 Å². The van der Waals surface area contributed by atoms with Crippen LogP contribution in [-0.4, -0.2) is 10.1 Å². The summed E-state index contributed by atoms with van der Waals surface area (Å²) in [5.41, 5.74) is 1.36. The van der Waals surface area contributed by atoms with Crippen molar-refractivity contribution in [2.45, 2.75) is 19.6 Å². The predicted molar refractivity (Wildman–Crippen MR) is 73.3 cm³/mol. The Morgan fingerprint density at radius 1 is 1.37 bits per heavy atom. The van der Waals surface area contributed by atoms with E-state index in [0.717, 1.165) is 10.0 Å². The lowest BCUT2D eigenvalue weighted by atomic mass is 10.1. The second-order valence-corrected chi connectivity index (χ2v) is 5.08. The van der Waals surface area contributed by atoms with Gasteiger partial charge in [-0.05, 0) is 46.6 Å². The summed E-state index contributed by atoms with van der Waals surface area (Å²) in [6, 6.07) is 6.29. The van der Waals surface area contributed by atoms with Gasteiger partial charge in [-0.25, -0.2) is 4.39 Å². The fraction of sp³-hybridized carbons (Fsp3) is 0.214. The fourth-order valence-electron chi connectivity index (χ4n) is 1.59. The lowest BCUT2D eigenvalue weighted by molar-refractivity contribution is 0.198. The molecule has 1 atom stereocenters. The molecule has 2 rings (SSSR count). The van der Waals surface area contributed by atoms with E-state index in [1.165, 1.54) is 12.1 Å². The quantitative estimate of drug-likeness (QED) is 0.933. The van der Waals surface area contributed by atoms with Crippen LogP contribution in [0.4, 0.5) is 4.39 Å². The van der Waals surface area contributed by atoms with Gasteiger partial charge >= 0.3 is 0 Å². The SMILES string of the molecule is C[C@H](O)c1ccc(OCc2cncc(Br)c2)c(F)c1. The normalized spacial score (nSPS) is 12.2. The van der Waals surface area contributed by atoms with Crippen LogP contribution in [0.2, 0.25) is 0 Å². The Morgan fingerprint density at radius 3 is 2.79 bits per heavy atom. The van der Waals surface area contributed by atoms with Crippen LogP contribution >= 0.6 is 15.9 Å². The van der Waals surface area contributed by atoms with Gasteiger partial charge in [0.2, 0.25) is 0 Å². The average molecular weight is 326 g/mol. The van der Waals surface area contributed by atoms with Crippen molar-refractivity contribution >= 4 is 15.9 Å². The molecule has 0 bridgehead atoms. The second-order valence-electron chi connectivity index (χ2n) is 4.17. The molecule has 0 saturated heterocycles. The summed E-state index contributed by atoms with van der Waals surface area (Å²) < 4.78 is 20.0. The second kappa shape index (κ2) is 6.12. The molecule has 0 radical (unpaired) electrons. The molecule has 0 spiro atoms. The number of nitrogens with zero attached hydrogens (tertiary/aromatic N) is 1. The van der Waals surface area contributed by atoms with Crippen LogP contribution in [-0.2, 0) is 6.61 Å². The summed E-state index contributed by atoms with van der Waals surface area (Å²) in [7, 11) is 0. The Bertz CT molecular complexity index is 575. The van der Waals surface area contributed by atoms with Crippen molar-refractivity contribution in [1.29, 1.82) is 0 Å². The third-order valence-electron chi connectivity index (χ3n) is 2.59. The summed E-state index contributed by atoms with van der Waals surface area (Å²) in [5, 5.41) is 9.36. The molecule has 1 aromatic carbocycles. The monoisotopic (exact) mass is 325 g/mol. The van der Waals surface area contributed by atoms with Crippen LogP contribution < -0.4 is 4.74 Å². The van der Waals surface area contributed by atoms with Gasteiger partial charge in [-0.1, -0.05) is 6.07 Å². The number of pyridine rings is 1. The molecule has 19 heavy (non-hydrogen) atoms.